The van der Waals surface area contributed by atoms with Crippen molar-refractivity contribution in [2.75, 3.05) is 57.3 Å². The molecule has 2 aromatic carbocycles. The standard InChI is InChI=1S/C36H48BrFN4O7/c1-35(2,3)48-33(44)41-17-15-39(16-18-41)26-20-25(38)21-29(22-26)46-27-9-12-40(13-10-27)32(43)24-7-8-31(30(37)19-24)47-28-11-14-42(23-28)34(45)49-36(4,5)6/h7-8,19-22,27-28H,9-18,23H2,1-6H3/t28-/m0/s1. The first-order chi connectivity index (χ1) is 23.0. The van der Waals surface area contributed by atoms with Gasteiger partial charge in [-0.25, -0.2) is 14.0 Å². The van der Waals surface area contributed by atoms with Crippen molar-refractivity contribution in [3.05, 3.63) is 52.3 Å². The lowest BCUT2D eigenvalue weighted by Crippen LogP contribution is -2.50. The minimum absolute atomic E-state index is 0.0822. The number of hydrogen-bond acceptors (Lipinski definition) is 8. The van der Waals surface area contributed by atoms with Gasteiger partial charge in [0.05, 0.1) is 11.0 Å². The number of hydrogen-bond donors (Lipinski definition) is 0. The third-order valence-corrected chi connectivity index (χ3v) is 9.07. The van der Waals surface area contributed by atoms with Crippen molar-refractivity contribution in [3.8, 4) is 11.5 Å². The molecule has 0 spiro atoms. The van der Waals surface area contributed by atoms with Crippen molar-refractivity contribution in [1.82, 2.24) is 14.7 Å². The van der Waals surface area contributed by atoms with E-state index >= 15 is 0 Å². The predicted octanol–water partition coefficient (Wildman–Crippen LogP) is 6.72. The topological polar surface area (TPSA) is 101 Å². The summed E-state index contributed by atoms with van der Waals surface area (Å²) in [6.45, 7) is 15.1. The highest BCUT2D eigenvalue weighted by atomic mass is 79.9. The maximum atomic E-state index is 14.7. The van der Waals surface area contributed by atoms with E-state index in [1.807, 2.05) is 52.5 Å². The molecule has 0 bridgehead atoms. The molecule has 5 rings (SSSR count). The van der Waals surface area contributed by atoms with E-state index in [1.165, 1.54) is 12.1 Å². The summed E-state index contributed by atoms with van der Waals surface area (Å²) in [5, 5.41) is 0. The molecule has 268 valence electrons. The number of piperazine rings is 1. The molecule has 11 nitrogen and oxygen atoms in total. The molecule has 13 heteroatoms. The van der Waals surface area contributed by atoms with E-state index in [0.717, 1.165) is 0 Å². The van der Waals surface area contributed by atoms with Gasteiger partial charge in [-0.05, 0) is 81.7 Å². The van der Waals surface area contributed by atoms with Gasteiger partial charge in [0.15, 0.2) is 0 Å². The molecule has 1 atom stereocenters. The second kappa shape index (κ2) is 15.0. The highest BCUT2D eigenvalue weighted by molar-refractivity contribution is 9.10. The molecule has 49 heavy (non-hydrogen) atoms. The fourth-order valence-corrected chi connectivity index (χ4v) is 6.52. The zero-order valence-corrected chi connectivity index (χ0v) is 30.9. The maximum absolute atomic E-state index is 14.7. The molecule has 3 heterocycles. The Morgan fingerprint density at radius 2 is 1.31 bits per heavy atom. The van der Waals surface area contributed by atoms with Crippen molar-refractivity contribution in [1.29, 1.82) is 0 Å². The van der Waals surface area contributed by atoms with E-state index in [4.69, 9.17) is 18.9 Å². The van der Waals surface area contributed by atoms with Gasteiger partial charge in [-0.3, -0.25) is 4.79 Å². The van der Waals surface area contributed by atoms with E-state index in [2.05, 4.69) is 15.9 Å². The Kier molecular flexibility index (Phi) is 11.2. The fraction of sp³-hybridized carbons (Fsp3) is 0.583. The van der Waals surface area contributed by atoms with Crippen molar-refractivity contribution >= 4 is 39.7 Å². The summed E-state index contributed by atoms with van der Waals surface area (Å²) in [6, 6.07) is 10.0. The molecule has 2 aromatic rings. The normalized spacial score (nSPS) is 19.1. The number of ether oxygens (including phenoxy) is 4. The van der Waals surface area contributed by atoms with Gasteiger partial charge in [-0.2, -0.15) is 0 Å². The maximum Gasteiger partial charge on any atom is 0.410 e. The molecular formula is C36H48BrFN4O7. The van der Waals surface area contributed by atoms with Gasteiger partial charge >= 0.3 is 12.2 Å². The molecule has 0 radical (unpaired) electrons. The Bertz CT molecular complexity index is 1510. The summed E-state index contributed by atoms with van der Waals surface area (Å²) in [5.74, 6) is 0.589. The number of piperidine rings is 1. The van der Waals surface area contributed by atoms with Crippen LogP contribution < -0.4 is 14.4 Å². The van der Waals surface area contributed by atoms with Crippen LogP contribution in [0.1, 0.15) is 71.2 Å². The molecular weight excluding hydrogens is 699 g/mol. The van der Waals surface area contributed by atoms with Gasteiger partial charge in [0.1, 0.15) is 40.7 Å². The number of rotatable bonds is 6. The Balaban J connectivity index is 1.09. The second-order valence-electron chi connectivity index (χ2n) is 14.8. The van der Waals surface area contributed by atoms with Crippen molar-refractivity contribution < 1.29 is 37.7 Å². The molecule has 0 aromatic heterocycles. The first-order valence-corrected chi connectivity index (χ1v) is 17.8. The number of anilines is 1. The largest absolute Gasteiger partial charge is 0.490 e. The monoisotopic (exact) mass is 746 g/mol. The zero-order valence-electron chi connectivity index (χ0n) is 29.3. The van der Waals surface area contributed by atoms with Gasteiger partial charge < -0.3 is 38.5 Å². The Hall–Kier alpha value is -3.74. The third kappa shape index (κ3) is 10.1. The lowest BCUT2D eigenvalue weighted by Gasteiger charge is -2.37. The lowest BCUT2D eigenvalue weighted by atomic mass is 10.1. The fourth-order valence-electron chi connectivity index (χ4n) is 6.05. The Labute approximate surface area is 296 Å². The minimum Gasteiger partial charge on any atom is -0.490 e. The summed E-state index contributed by atoms with van der Waals surface area (Å²) in [6.07, 6.45) is 0.903. The quantitative estimate of drug-likeness (QED) is 0.322. The number of carbonyl (C=O) groups excluding carboxylic acids is 3. The molecule has 3 aliphatic heterocycles. The SMILES string of the molecule is CC(C)(C)OC(=O)N1CCN(c2cc(F)cc(OC3CCN(C(=O)c4ccc(O[C@H]5CCN(C(=O)OC(C)(C)C)C5)c(Br)c4)CC3)c2)CC1. The van der Waals surface area contributed by atoms with Crippen LogP contribution in [-0.2, 0) is 9.47 Å². The number of nitrogens with zero attached hydrogens (tertiary/aromatic N) is 4. The Morgan fingerprint density at radius 3 is 1.92 bits per heavy atom. The van der Waals surface area contributed by atoms with Crippen LogP contribution in [0.2, 0.25) is 0 Å². The van der Waals surface area contributed by atoms with Crippen LogP contribution in [0.25, 0.3) is 0 Å². The molecule has 3 fully saturated rings. The lowest BCUT2D eigenvalue weighted by molar-refractivity contribution is 0.0237. The summed E-state index contributed by atoms with van der Waals surface area (Å²) in [7, 11) is 0. The number of benzene rings is 2. The van der Waals surface area contributed by atoms with Gasteiger partial charge in [0, 0.05) is 88.5 Å². The van der Waals surface area contributed by atoms with Crippen LogP contribution >= 0.6 is 15.9 Å². The molecule has 0 aliphatic carbocycles. The van der Waals surface area contributed by atoms with Crippen LogP contribution in [-0.4, -0.2) is 109 Å². The molecule has 3 amide bonds. The summed E-state index contributed by atoms with van der Waals surface area (Å²) < 4.78 is 38.7. The highest BCUT2D eigenvalue weighted by Gasteiger charge is 2.32. The molecule has 0 saturated carbocycles. The van der Waals surface area contributed by atoms with Crippen LogP contribution in [0, 0.1) is 5.82 Å². The van der Waals surface area contributed by atoms with Gasteiger partial charge in [0.25, 0.3) is 5.91 Å². The molecule has 3 saturated heterocycles. The number of amides is 3. The van der Waals surface area contributed by atoms with Crippen LogP contribution in [0.15, 0.2) is 40.9 Å². The second-order valence-corrected chi connectivity index (χ2v) is 15.7. The number of carbonyl (C=O) groups is 3. The zero-order chi connectivity index (χ0) is 35.5. The summed E-state index contributed by atoms with van der Waals surface area (Å²) in [5.41, 5.74) is 0.134. The Morgan fingerprint density at radius 1 is 0.714 bits per heavy atom. The van der Waals surface area contributed by atoms with Crippen molar-refractivity contribution in [2.24, 2.45) is 0 Å². The first-order valence-electron chi connectivity index (χ1n) is 17.0. The van der Waals surface area contributed by atoms with E-state index in [0.29, 0.717) is 98.8 Å². The first kappa shape index (κ1) is 36.5. The van der Waals surface area contributed by atoms with E-state index < -0.39 is 11.2 Å². The van der Waals surface area contributed by atoms with E-state index in [-0.39, 0.29) is 36.1 Å². The highest BCUT2D eigenvalue weighted by Crippen LogP contribution is 2.31. The molecule has 0 unspecified atom stereocenters. The van der Waals surface area contributed by atoms with Crippen LogP contribution in [0.3, 0.4) is 0 Å². The molecule has 3 aliphatic rings. The number of halogens is 2. The number of likely N-dealkylation sites (tertiary alicyclic amines) is 2. The smallest absolute Gasteiger partial charge is 0.410 e. The van der Waals surface area contributed by atoms with Gasteiger partial charge in [-0.15, -0.1) is 0 Å². The third-order valence-electron chi connectivity index (χ3n) is 8.45. The van der Waals surface area contributed by atoms with Gasteiger partial charge in [-0.1, -0.05) is 0 Å². The average molecular weight is 748 g/mol. The van der Waals surface area contributed by atoms with Crippen molar-refractivity contribution in [2.45, 2.75) is 84.2 Å². The van der Waals surface area contributed by atoms with Gasteiger partial charge in [0.2, 0.25) is 0 Å². The predicted molar refractivity (Wildman–Crippen MR) is 187 cm³/mol. The minimum atomic E-state index is -0.559. The van der Waals surface area contributed by atoms with Crippen molar-refractivity contribution in [3.63, 3.8) is 0 Å². The average Bonchev–Trinajstić information content (AvgIpc) is 3.49. The summed E-state index contributed by atoms with van der Waals surface area (Å²) >= 11 is 3.56. The summed E-state index contributed by atoms with van der Waals surface area (Å²) in [4.78, 5) is 45.4. The van der Waals surface area contributed by atoms with E-state index in [9.17, 15) is 18.8 Å². The molecule has 0 N–H and O–H groups in total. The van der Waals surface area contributed by atoms with Crippen LogP contribution in [0.4, 0.5) is 19.7 Å². The van der Waals surface area contributed by atoms with Crippen LogP contribution in [0.5, 0.6) is 11.5 Å². The van der Waals surface area contributed by atoms with E-state index in [1.54, 1.807) is 32.9 Å².